The molecule has 122 valence electrons. The molecule has 0 aliphatic rings. The zero-order chi connectivity index (χ0) is 16.9. The molecule has 0 fully saturated rings. The molecule has 8 nitrogen and oxygen atoms in total. The number of aromatic nitrogens is 4. The number of anilines is 1. The van der Waals surface area contributed by atoms with Crippen molar-refractivity contribution < 1.29 is 4.79 Å². The van der Waals surface area contributed by atoms with E-state index in [-0.39, 0.29) is 12.5 Å². The predicted molar refractivity (Wildman–Crippen MR) is 87.7 cm³/mol. The number of aromatic amines is 1. The summed E-state index contributed by atoms with van der Waals surface area (Å²) in [5.74, 6) is -0.361. The Morgan fingerprint density at radius 1 is 1.17 bits per heavy atom. The average molecular weight is 325 g/mol. The fourth-order valence-electron chi connectivity index (χ4n) is 2.25. The van der Waals surface area contributed by atoms with Crippen LogP contribution in [0.5, 0.6) is 0 Å². The first-order valence-electron chi connectivity index (χ1n) is 7.26. The third kappa shape index (κ3) is 3.86. The van der Waals surface area contributed by atoms with Crippen molar-refractivity contribution in [2.75, 3.05) is 5.32 Å². The highest BCUT2D eigenvalue weighted by atomic mass is 16.2. The van der Waals surface area contributed by atoms with E-state index in [4.69, 9.17) is 0 Å². The fourth-order valence-corrected chi connectivity index (χ4v) is 2.25. The minimum absolute atomic E-state index is 0.182. The highest BCUT2D eigenvalue weighted by molar-refractivity contribution is 5.90. The van der Waals surface area contributed by atoms with Gasteiger partial charge in [-0.1, -0.05) is 12.1 Å². The largest absolute Gasteiger partial charge is 0.328 e. The van der Waals surface area contributed by atoms with E-state index in [9.17, 15) is 14.4 Å². The number of hydrogen-bond acceptors (Lipinski definition) is 4. The highest BCUT2D eigenvalue weighted by Crippen LogP contribution is 2.11. The Bertz CT molecular complexity index is 956. The maximum atomic E-state index is 12.1. The molecule has 0 aliphatic heterocycles. The molecule has 1 amide bonds. The number of hydrogen-bond donors (Lipinski definition) is 2. The van der Waals surface area contributed by atoms with Crippen LogP contribution >= 0.6 is 0 Å². The van der Waals surface area contributed by atoms with Gasteiger partial charge in [-0.05, 0) is 23.8 Å². The van der Waals surface area contributed by atoms with Crippen molar-refractivity contribution >= 4 is 11.6 Å². The van der Waals surface area contributed by atoms with E-state index < -0.39 is 11.2 Å². The molecular formula is C16H15N5O3. The maximum absolute atomic E-state index is 12.1. The van der Waals surface area contributed by atoms with E-state index >= 15 is 0 Å². The molecule has 0 radical (unpaired) electrons. The van der Waals surface area contributed by atoms with Crippen LogP contribution in [0.3, 0.4) is 0 Å². The van der Waals surface area contributed by atoms with E-state index in [0.29, 0.717) is 12.2 Å². The zero-order valence-electron chi connectivity index (χ0n) is 12.7. The number of benzene rings is 1. The third-order valence-corrected chi connectivity index (χ3v) is 3.33. The Kier molecular flexibility index (Phi) is 4.37. The van der Waals surface area contributed by atoms with Crippen LogP contribution in [0.2, 0.25) is 0 Å². The van der Waals surface area contributed by atoms with Gasteiger partial charge in [0.2, 0.25) is 5.91 Å². The Hall–Kier alpha value is -3.42. The number of nitrogens with zero attached hydrogens (tertiary/aromatic N) is 3. The van der Waals surface area contributed by atoms with Crippen molar-refractivity contribution in [1.82, 2.24) is 19.3 Å². The molecule has 2 N–H and O–H groups in total. The standard InChI is InChI=1S/C16H15N5O3/c22-14-5-8-20(16(24)19-14)11-15(23)18-13-4-1-3-12(9-13)10-21-7-2-6-17-21/h1-9H,10-11H2,(H,18,23)(H,19,22,24). The van der Waals surface area contributed by atoms with Gasteiger partial charge in [0.25, 0.3) is 5.56 Å². The minimum atomic E-state index is -0.620. The van der Waals surface area contributed by atoms with Crippen molar-refractivity contribution in [3.63, 3.8) is 0 Å². The summed E-state index contributed by atoms with van der Waals surface area (Å²) in [5, 5.41) is 6.87. The maximum Gasteiger partial charge on any atom is 0.328 e. The van der Waals surface area contributed by atoms with E-state index in [2.05, 4.69) is 15.4 Å². The van der Waals surface area contributed by atoms with Crippen LogP contribution in [0.25, 0.3) is 0 Å². The molecule has 0 aliphatic carbocycles. The van der Waals surface area contributed by atoms with E-state index in [1.165, 1.54) is 12.3 Å². The Labute approximate surface area is 136 Å². The second kappa shape index (κ2) is 6.78. The van der Waals surface area contributed by atoms with Gasteiger partial charge < -0.3 is 5.32 Å². The van der Waals surface area contributed by atoms with Crippen LogP contribution in [0.1, 0.15) is 5.56 Å². The van der Waals surface area contributed by atoms with Crippen molar-refractivity contribution in [1.29, 1.82) is 0 Å². The number of carbonyl (C=O) groups is 1. The summed E-state index contributed by atoms with van der Waals surface area (Å²) < 4.78 is 2.91. The summed E-state index contributed by atoms with van der Waals surface area (Å²) >= 11 is 0. The first-order valence-corrected chi connectivity index (χ1v) is 7.26. The Morgan fingerprint density at radius 3 is 2.79 bits per heavy atom. The molecule has 0 saturated heterocycles. The SMILES string of the molecule is O=C(Cn1ccc(=O)[nH]c1=O)Nc1cccc(Cn2cccn2)c1. The number of carbonyl (C=O) groups excluding carboxylic acids is 1. The summed E-state index contributed by atoms with van der Waals surface area (Å²) in [6.45, 7) is 0.412. The van der Waals surface area contributed by atoms with Crippen LogP contribution in [0.4, 0.5) is 5.69 Å². The summed E-state index contributed by atoms with van der Waals surface area (Å²) in [7, 11) is 0. The van der Waals surface area contributed by atoms with E-state index in [1.54, 1.807) is 16.9 Å². The van der Waals surface area contributed by atoms with Gasteiger partial charge >= 0.3 is 5.69 Å². The lowest BCUT2D eigenvalue weighted by atomic mass is 10.2. The van der Waals surface area contributed by atoms with Gasteiger partial charge in [0.15, 0.2) is 0 Å². The molecule has 3 rings (SSSR count). The average Bonchev–Trinajstić information content (AvgIpc) is 3.03. The molecule has 24 heavy (non-hydrogen) atoms. The number of H-pyrrole nitrogens is 1. The molecule has 0 bridgehead atoms. The first kappa shape index (κ1) is 15.5. The normalized spacial score (nSPS) is 10.5. The fraction of sp³-hybridized carbons (Fsp3) is 0.125. The van der Waals surface area contributed by atoms with E-state index in [0.717, 1.165) is 10.1 Å². The summed E-state index contributed by atoms with van der Waals surface area (Å²) in [6.07, 6.45) is 4.84. The monoisotopic (exact) mass is 325 g/mol. The predicted octanol–water partition coefficient (Wildman–Crippen LogP) is 0.420. The van der Waals surface area contributed by atoms with Crippen LogP contribution in [-0.2, 0) is 17.9 Å². The van der Waals surface area contributed by atoms with Crippen LogP contribution in [-0.4, -0.2) is 25.2 Å². The molecule has 3 aromatic rings. The Balaban J connectivity index is 1.68. The minimum Gasteiger partial charge on any atom is -0.325 e. The number of rotatable bonds is 5. The lowest BCUT2D eigenvalue weighted by Gasteiger charge is -2.09. The topological polar surface area (TPSA) is 102 Å². The quantitative estimate of drug-likeness (QED) is 0.710. The molecule has 0 atom stereocenters. The molecule has 0 spiro atoms. The molecule has 0 saturated carbocycles. The second-order valence-electron chi connectivity index (χ2n) is 5.19. The lowest BCUT2D eigenvalue weighted by molar-refractivity contribution is -0.116. The summed E-state index contributed by atoms with van der Waals surface area (Å²) in [6, 6.07) is 10.4. The van der Waals surface area contributed by atoms with Crippen LogP contribution < -0.4 is 16.6 Å². The van der Waals surface area contributed by atoms with Gasteiger partial charge in [0, 0.05) is 30.3 Å². The molecule has 2 aromatic heterocycles. The second-order valence-corrected chi connectivity index (χ2v) is 5.19. The zero-order valence-corrected chi connectivity index (χ0v) is 12.7. The van der Waals surface area contributed by atoms with Gasteiger partial charge in [-0.25, -0.2) is 4.79 Å². The van der Waals surface area contributed by atoms with Gasteiger partial charge in [-0.2, -0.15) is 5.10 Å². The number of amides is 1. The Morgan fingerprint density at radius 2 is 2.04 bits per heavy atom. The lowest BCUT2D eigenvalue weighted by Crippen LogP contribution is -2.32. The molecule has 0 unspecified atom stereocenters. The summed E-state index contributed by atoms with van der Waals surface area (Å²) in [4.78, 5) is 36.8. The van der Waals surface area contributed by atoms with Gasteiger partial charge in [-0.15, -0.1) is 0 Å². The molecule has 1 aromatic carbocycles. The molecule has 2 heterocycles. The van der Waals surface area contributed by atoms with Crippen LogP contribution in [0, 0.1) is 0 Å². The van der Waals surface area contributed by atoms with Gasteiger partial charge in [0.05, 0.1) is 6.54 Å². The van der Waals surface area contributed by atoms with Crippen molar-refractivity contribution in [3.8, 4) is 0 Å². The van der Waals surface area contributed by atoms with Crippen LogP contribution in [0.15, 0.2) is 64.6 Å². The van der Waals surface area contributed by atoms with Gasteiger partial charge in [-0.3, -0.25) is 23.8 Å². The van der Waals surface area contributed by atoms with Crippen molar-refractivity contribution in [2.24, 2.45) is 0 Å². The molecule has 8 heteroatoms. The summed E-state index contributed by atoms with van der Waals surface area (Å²) in [5.41, 5.74) is 0.493. The third-order valence-electron chi connectivity index (χ3n) is 3.33. The first-order chi connectivity index (χ1) is 11.6. The highest BCUT2D eigenvalue weighted by Gasteiger charge is 2.06. The van der Waals surface area contributed by atoms with Gasteiger partial charge in [0.1, 0.15) is 6.54 Å². The van der Waals surface area contributed by atoms with E-state index in [1.807, 2.05) is 30.5 Å². The smallest absolute Gasteiger partial charge is 0.325 e. The van der Waals surface area contributed by atoms with Crippen molar-refractivity contribution in [2.45, 2.75) is 13.1 Å². The number of nitrogens with one attached hydrogen (secondary N) is 2. The molecular weight excluding hydrogens is 310 g/mol. The van der Waals surface area contributed by atoms with Crippen molar-refractivity contribution in [3.05, 3.63) is 81.4 Å².